The zero-order valence-corrected chi connectivity index (χ0v) is 12.7. The van der Waals surface area contributed by atoms with Gasteiger partial charge in [-0.2, -0.15) is 0 Å². The second-order valence-corrected chi connectivity index (χ2v) is 5.94. The van der Waals surface area contributed by atoms with E-state index in [1.165, 1.54) is 0 Å². The number of para-hydroxylation sites is 1. The Labute approximate surface area is 121 Å². The minimum atomic E-state index is -0.441. The highest BCUT2D eigenvalue weighted by Crippen LogP contribution is 2.33. The molecular weight excluding hydrogens is 252 g/mol. The number of rotatable bonds is 5. The van der Waals surface area contributed by atoms with Crippen molar-refractivity contribution < 1.29 is 10.2 Å². The fourth-order valence-electron chi connectivity index (χ4n) is 3.03. The van der Waals surface area contributed by atoms with Gasteiger partial charge in [0.25, 0.3) is 0 Å². The third-order valence-corrected chi connectivity index (χ3v) is 3.96. The van der Waals surface area contributed by atoms with Crippen LogP contribution in [-0.4, -0.2) is 54.4 Å². The van der Waals surface area contributed by atoms with Gasteiger partial charge in [0.1, 0.15) is 0 Å². The van der Waals surface area contributed by atoms with Crippen molar-refractivity contribution in [1.29, 1.82) is 0 Å². The maximum atomic E-state index is 10.2. The van der Waals surface area contributed by atoms with E-state index in [-0.39, 0.29) is 6.10 Å². The van der Waals surface area contributed by atoms with Gasteiger partial charge in [0.05, 0.1) is 12.2 Å². The molecule has 2 rings (SSSR count). The van der Waals surface area contributed by atoms with E-state index in [1.807, 2.05) is 25.1 Å². The molecule has 0 aliphatic carbocycles. The van der Waals surface area contributed by atoms with Gasteiger partial charge in [-0.1, -0.05) is 25.1 Å². The van der Waals surface area contributed by atoms with Crippen LogP contribution < -0.4 is 4.90 Å². The molecule has 3 atom stereocenters. The van der Waals surface area contributed by atoms with Gasteiger partial charge in [-0.25, -0.2) is 0 Å². The predicted molar refractivity (Wildman–Crippen MR) is 82.0 cm³/mol. The summed E-state index contributed by atoms with van der Waals surface area (Å²) in [6.07, 6.45) is 0.760. The quantitative estimate of drug-likeness (QED) is 0.859. The minimum absolute atomic E-state index is 0.285. The first-order valence-corrected chi connectivity index (χ1v) is 7.39. The predicted octanol–water partition coefficient (Wildman–Crippen LogP) is 1.63. The highest BCUT2D eigenvalue weighted by atomic mass is 16.3. The Balaban J connectivity index is 2.29. The number of likely N-dealkylation sites (N-methyl/N-ethyl adjacent to an activating group) is 1. The minimum Gasteiger partial charge on any atom is -0.391 e. The highest BCUT2D eigenvalue weighted by molar-refractivity contribution is 5.56. The summed E-state index contributed by atoms with van der Waals surface area (Å²) in [6, 6.07) is 8.30. The number of benzene rings is 1. The Morgan fingerprint density at radius 3 is 2.70 bits per heavy atom. The van der Waals surface area contributed by atoms with Gasteiger partial charge in [-0.05, 0) is 33.0 Å². The summed E-state index contributed by atoms with van der Waals surface area (Å²) >= 11 is 0. The van der Waals surface area contributed by atoms with E-state index in [1.54, 1.807) is 0 Å². The molecule has 0 saturated carbocycles. The average molecular weight is 278 g/mol. The molecular formula is C16H26N2O2. The lowest BCUT2D eigenvalue weighted by Crippen LogP contribution is -2.38. The first-order valence-electron chi connectivity index (χ1n) is 7.39. The standard InChI is InChI=1S/C16H26N2O2/c1-4-16(20)14-7-5-6-8-15(14)18-11-13(19)9-12(18)10-17(2)3/h5-8,12-13,16,19-20H,4,9-11H2,1-3H3. The van der Waals surface area contributed by atoms with E-state index in [4.69, 9.17) is 0 Å². The number of anilines is 1. The third-order valence-electron chi connectivity index (χ3n) is 3.96. The fourth-order valence-corrected chi connectivity index (χ4v) is 3.03. The number of aliphatic hydroxyl groups is 2. The number of nitrogens with zero attached hydrogens (tertiary/aromatic N) is 2. The fraction of sp³-hybridized carbons (Fsp3) is 0.625. The molecule has 112 valence electrons. The lowest BCUT2D eigenvalue weighted by atomic mass is 10.0. The molecule has 0 aromatic heterocycles. The monoisotopic (exact) mass is 278 g/mol. The van der Waals surface area contributed by atoms with E-state index in [2.05, 4.69) is 30.0 Å². The zero-order chi connectivity index (χ0) is 14.7. The molecule has 0 spiro atoms. The Hall–Kier alpha value is -1.10. The summed E-state index contributed by atoms with van der Waals surface area (Å²) in [7, 11) is 4.10. The summed E-state index contributed by atoms with van der Waals surface area (Å²) in [6.45, 7) is 3.54. The van der Waals surface area contributed by atoms with Crippen LogP contribution in [0.25, 0.3) is 0 Å². The van der Waals surface area contributed by atoms with Crippen LogP contribution in [0.15, 0.2) is 24.3 Å². The molecule has 3 unspecified atom stereocenters. The maximum absolute atomic E-state index is 10.2. The van der Waals surface area contributed by atoms with Crippen molar-refractivity contribution in [3.8, 4) is 0 Å². The molecule has 1 fully saturated rings. The summed E-state index contributed by atoms with van der Waals surface area (Å²) < 4.78 is 0. The van der Waals surface area contributed by atoms with Crippen molar-refractivity contribution in [3.63, 3.8) is 0 Å². The van der Waals surface area contributed by atoms with Crippen LogP contribution in [0.2, 0.25) is 0 Å². The number of hydrogen-bond acceptors (Lipinski definition) is 4. The van der Waals surface area contributed by atoms with Gasteiger partial charge < -0.3 is 20.0 Å². The van der Waals surface area contributed by atoms with Gasteiger partial charge >= 0.3 is 0 Å². The van der Waals surface area contributed by atoms with Crippen LogP contribution in [0.5, 0.6) is 0 Å². The van der Waals surface area contributed by atoms with Crippen LogP contribution in [0, 0.1) is 0 Å². The molecule has 1 aliphatic heterocycles. The molecule has 1 aromatic carbocycles. The molecule has 0 radical (unpaired) electrons. The summed E-state index contributed by atoms with van der Waals surface area (Å²) in [5.74, 6) is 0. The highest BCUT2D eigenvalue weighted by Gasteiger charge is 2.32. The van der Waals surface area contributed by atoms with Crippen molar-refractivity contribution in [2.45, 2.75) is 38.0 Å². The van der Waals surface area contributed by atoms with Crippen molar-refractivity contribution in [1.82, 2.24) is 4.90 Å². The van der Waals surface area contributed by atoms with Gasteiger partial charge in [-0.3, -0.25) is 0 Å². The van der Waals surface area contributed by atoms with E-state index in [0.29, 0.717) is 19.0 Å². The van der Waals surface area contributed by atoms with Gasteiger partial charge in [-0.15, -0.1) is 0 Å². The Bertz CT molecular complexity index is 436. The number of β-amino-alcohol motifs (C(OH)–C–C–N with tert-alkyl or cyclic N) is 1. The molecule has 0 bridgehead atoms. The van der Waals surface area contributed by atoms with Gasteiger partial charge in [0, 0.05) is 30.4 Å². The smallest absolute Gasteiger partial charge is 0.0807 e. The van der Waals surface area contributed by atoms with Crippen LogP contribution >= 0.6 is 0 Å². The molecule has 4 nitrogen and oxygen atoms in total. The van der Waals surface area contributed by atoms with Crippen molar-refractivity contribution in [2.24, 2.45) is 0 Å². The van der Waals surface area contributed by atoms with Crippen molar-refractivity contribution in [2.75, 3.05) is 32.1 Å². The lowest BCUT2D eigenvalue weighted by Gasteiger charge is -2.31. The van der Waals surface area contributed by atoms with E-state index in [0.717, 1.165) is 24.2 Å². The second kappa shape index (κ2) is 6.57. The second-order valence-electron chi connectivity index (χ2n) is 5.94. The van der Waals surface area contributed by atoms with Gasteiger partial charge in [0.2, 0.25) is 0 Å². The van der Waals surface area contributed by atoms with Crippen LogP contribution in [-0.2, 0) is 0 Å². The lowest BCUT2D eigenvalue weighted by molar-refractivity contribution is 0.173. The molecule has 1 saturated heterocycles. The molecule has 20 heavy (non-hydrogen) atoms. The molecule has 2 N–H and O–H groups in total. The van der Waals surface area contributed by atoms with Crippen molar-refractivity contribution in [3.05, 3.63) is 29.8 Å². The molecule has 0 amide bonds. The first kappa shape index (κ1) is 15.3. The Morgan fingerprint density at radius 2 is 2.05 bits per heavy atom. The first-order chi connectivity index (χ1) is 9.52. The SMILES string of the molecule is CCC(O)c1ccccc1N1CC(O)CC1CN(C)C. The topological polar surface area (TPSA) is 46.9 Å². The van der Waals surface area contributed by atoms with E-state index < -0.39 is 6.10 Å². The Morgan fingerprint density at radius 1 is 1.35 bits per heavy atom. The molecule has 1 aliphatic rings. The number of aliphatic hydroxyl groups excluding tert-OH is 2. The number of hydrogen-bond donors (Lipinski definition) is 2. The van der Waals surface area contributed by atoms with Crippen LogP contribution in [0.4, 0.5) is 5.69 Å². The average Bonchev–Trinajstić information content (AvgIpc) is 2.77. The normalized spacial score (nSPS) is 24.4. The van der Waals surface area contributed by atoms with E-state index in [9.17, 15) is 10.2 Å². The summed E-state index contributed by atoms with van der Waals surface area (Å²) in [4.78, 5) is 4.40. The molecule has 1 heterocycles. The van der Waals surface area contributed by atoms with Crippen LogP contribution in [0.3, 0.4) is 0 Å². The molecule has 4 heteroatoms. The summed E-state index contributed by atoms with van der Waals surface area (Å²) in [5, 5.41) is 20.2. The summed E-state index contributed by atoms with van der Waals surface area (Å²) in [5.41, 5.74) is 2.03. The Kier molecular flexibility index (Phi) is 5.02. The molecule has 1 aromatic rings. The maximum Gasteiger partial charge on any atom is 0.0807 e. The van der Waals surface area contributed by atoms with E-state index >= 15 is 0 Å². The van der Waals surface area contributed by atoms with Gasteiger partial charge in [0.15, 0.2) is 0 Å². The zero-order valence-electron chi connectivity index (χ0n) is 12.7. The van der Waals surface area contributed by atoms with Crippen LogP contribution in [0.1, 0.15) is 31.4 Å². The third kappa shape index (κ3) is 3.32. The largest absolute Gasteiger partial charge is 0.391 e. The van der Waals surface area contributed by atoms with Crippen molar-refractivity contribution >= 4 is 5.69 Å².